The molecule has 1 aliphatic heterocycles. The Morgan fingerprint density at radius 1 is 0.461 bits per heavy atom. The van der Waals surface area contributed by atoms with Gasteiger partial charge in [0.15, 0.2) is 0 Å². The van der Waals surface area contributed by atoms with Gasteiger partial charge in [0.05, 0.1) is 33.4 Å². The Labute approximate surface area is 439 Å². The molecule has 0 radical (unpaired) electrons. The van der Waals surface area contributed by atoms with Gasteiger partial charge in [-0.1, -0.05) is 178 Å². The van der Waals surface area contributed by atoms with Crippen molar-refractivity contribution in [2.45, 2.75) is 26.2 Å². The predicted molar refractivity (Wildman–Crippen MR) is 309 cm³/mol. The van der Waals surface area contributed by atoms with Crippen molar-refractivity contribution in [3.8, 4) is 84.3 Å². The molecule has 6 nitrogen and oxygen atoms in total. The Hall–Kier alpha value is -9.78. The van der Waals surface area contributed by atoms with Gasteiger partial charge in [0.25, 0.3) is 6.33 Å². The quantitative estimate of drug-likeness (QED) is 0.123. The van der Waals surface area contributed by atoms with Gasteiger partial charge in [0, 0.05) is 39.4 Å². The Bertz CT molecular complexity index is 4660. The van der Waals surface area contributed by atoms with Gasteiger partial charge < -0.3 is 9.15 Å². The second-order valence-electron chi connectivity index (χ2n) is 20.9. The highest BCUT2D eigenvalue weighted by Gasteiger charge is 2.28. The summed E-state index contributed by atoms with van der Waals surface area (Å²) in [5.41, 5.74) is 20.2. The number of nitrogens with zero attached hydrogens (tertiary/aromatic N) is 4. The van der Waals surface area contributed by atoms with E-state index in [1.165, 1.54) is 22.1 Å². The van der Waals surface area contributed by atoms with Gasteiger partial charge in [0.2, 0.25) is 0 Å². The largest absolute Gasteiger partial charge is 0.458 e. The molecule has 0 saturated heterocycles. The molecular formula is C70H48N4O2. The highest BCUT2D eigenvalue weighted by molar-refractivity contribution is 6.12. The zero-order valence-electron chi connectivity index (χ0n) is 42.1. The van der Waals surface area contributed by atoms with E-state index in [1.54, 1.807) is 0 Å². The number of benzene rings is 10. The molecule has 0 N–H and O–H groups in total. The summed E-state index contributed by atoms with van der Waals surface area (Å²) in [5, 5.41) is 4.46. The van der Waals surface area contributed by atoms with Crippen LogP contribution in [-0.4, -0.2) is 14.1 Å². The lowest BCUT2D eigenvalue weighted by molar-refractivity contribution is -0.570. The maximum atomic E-state index is 6.90. The zero-order chi connectivity index (χ0) is 50.6. The zero-order valence-corrected chi connectivity index (χ0v) is 42.1. The van der Waals surface area contributed by atoms with Crippen LogP contribution in [0, 0.1) is 6.33 Å². The first-order valence-corrected chi connectivity index (χ1v) is 25.9. The van der Waals surface area contributed by atoms with Crippen LogP contribution < -0.4 is 9.30 Å². The van der Waals surface area contributed by atoms with Gasteiger partial charge in [-0.25, -0.2) is 4.98 Å². The SMILES string of the molecule is CC(C)(C)c1ccnc(-n2c3ccccc3c3ccc(Oc4cccc(-n5[c-][n+]6c7c(cccc75)-c5ccccc5-c5ccccc5-c5cccc(-c7cc(-c8ccccc8)c8oc9ccccc9c8c7)c5-6)c4)cc32)c1. The molecule has 0 fully saturated rings. The lowest BCUT2D eigenvalue weighted by Gasteiger charge is -2.20. The number of ether oxygens (including phenoxy) is 1. The number of para-hydroxylation sites is 4. The third kappa shape index (κ3) is 6.88. The van der Waals surface area contributed by atoms with E-state index in [-0.39, 0.29) is 5.41 Å². The predicted octanol–water partition coefficient (Wildman–Crippen LogP) is 17.8. The van der Waals surface area contributed by atoms with E-state index in [0.717, 1.165) is 117 Å². The minimum atomic E-state index is -0.0337. The molecule has 0 unspecified atom stereocenters. The number of hydrogen-bond acceptors (Lipinski definition) is 3. The third-order valence-electron chi connectivity index (χ3n) is 15.3. The minimum absolute atomic E-state index is 0.0337. The minimum Gasteiger partial charge on any atom is -0.458 e. The van der Waals surface area contributed by atoms with E-state index in [1.807, 2.05) is 18.3 Å². The molecule has 10 aromatic carbocycles. The van der Waals surface area contributed by atoms with E-state index >= 15 is 0 Å². The van der Waals surface area contributed by atoms with Gasteiger partial charge >= 0.3 is 0 Å². The van der Waals surface area contributed by atoms with Gasteiger partial charge in [-0.15, -0.1) is 0 Å². The number of rotatable bonds is 6. The van der Waals surface area contributed by atoms with E-state index < -0.39 is 0 Å². The molecule has 0 atom stereocenters. The molecule has 0 bridgehead atoms. The highest BCUT2D eigenvalue weighted by Crippen LogP contribution is 2.47. The molecule has 14 aromatic rings. The number of imidazole rings is 1. The standard InChI is InChI=1S/C70H48N4O2/c1-70(2,3)46-36-37-71-66(40-46)74-62-31-13-11-26-55(62)56-35-34-49(42-64(56)74)75-48-21-15-20-47(41-48)72-43-73-67-50(45-38-60(44-18-5-4-6-19-44)69-61(39-45)57-27-12-14-33-65(57)76-69)28-16-29-58(67)53-24-9-7-22-51(53)52-23-8-10-25-54(52)59-30-17-32-63(72)68(59)73/h4-42H,1-3H3. The molecule has 15 rings (SSSR count). The number of pyridine rings is 1. The summed E-state index contributed by atoms with van der Waals surface area (Å²) in [5.74, 6) is 2.32. The summed E-state index contributed by atoms with van der Waals surface area (Å²) in [6.07, 6.45) is 5.92. The van der Waals surface area contributed by atoms with Crippen molar-refractivity contribution in [1.29, 1.82) is 0 Å². The summed E-state index contributed by atoms with van der Waals surface area (Å²) < 4.78 is 20.4. The lowest BCUT2D eigenvalue weighted by atomic mass is 9.88. The smallest absolute Gasteiger partial charge is 0.269 e. The molecule has 5 heterocycles. The maximum Gasteiger partial charge on any atom is 0.269 e. The van der Waals surface area contributed by atoms with Crippen LogP contribution >= 0.6 is 0 Å². The van der Waals surface area contributed by atoms with Crippen LogP contribution in [-0.2, 0) is 5.41 Å². The summed E-state index contributed by atoms with van der Waals surface area (Å²) >= 11 is 0. The first-order valence-electron chi connectivity index (χ1n) is 25.9. The molecule has 0 spiro atoms. The van der Waals surface area contributed by atoms with Crippen LogP contribution in [0.25, 0.3) is 128 Å². The first-order chi connectivity index (χ1) is 37.3. The molecule has 4 aromatic heterocycles. The molecule has 6 heteroatoms. The molecule has 0 amide bonds. The molecule has 0 saturated carbocycles. The van der Waals surface area contributed by atoms with Crippen molar-refractivity contribution < 1.29 is 13.7 Å². The van der Waals surface area contributed by atoms with Gasteiger partial charge in [-0.2, -0.15) is 0 Å². The summed E-state index contributed by atoms with van der Waals surface area (Å²) in [7, 11) is 0. The van der Waals surface area contributed by atoms with Crippen LogP contribution in [0.3, 0.4) is 0 Å². The van der Waals surface area contributed by atoms with Gasteiger partial charge in [-0.05, 0) is 128 Å². The molecule has 76 heavy (non-hydrogen) atoms. The van der Waals surface area contributed by atoms with Gasteiger partial charge in [-0.3, -0.25) is 13.7 Å². The van der Waals surface area contributed by atoms with Crippen molar-refractivity contribution in [2.24, 2.45) is 0 Å². The van der Waals surface area contributed by atoms with Crippen LogP contribution in [0.4, 0.5) is 0 Å². The third-order valence-corrected chi connectivity index (χ3v) is 15.3. The maximum absolute atomic E-state index is 6.90. The van der Waals surface area contributed by atoms with E-state index in [9.17, 15) is 0 Å². The molecule has 0 aliphatic carbocycles. The monoisotopic (exact) mass is 976 g/mol. The number of fused-ring (bicyclic) bond motifs is 13. The van der Waals surface area contributed by atoms with Crippen molar-refractivity contribution in [2.75, 3.05) is 0 Å². The second kappa shape index (κ2) is 16.9. The summed E-state index contributed by atoms with van der Waals surface area (Å²) in [6.45, 7) is 6.72. The van der Waals surface area contributed by atoms with E-state index in [4.69, 9.17) is 14.1 Å². The number of hydrogen-bond donors (Lipinski definition) is 0. The number of aromatic nitrogens is 4. The lowest BCUT2D eigenvalue weighted by Crippen LogP contribution is -2.32. The first kappa shape index (κ1) is 43.8. The van der Waals surface area contributed by atoms with Crippen molar-refractivity contribution in [3.63, 3.8) is 0 Å². The Morgan fingerprint density at radius 2 is 1.09 bits per heavy atom. The molecule has 1 aliphatic rings. The Morgan fingerprint density at radius 3 is 1.91 bits per heavy atom. The van der Waals surface area contributed by atoms with Crippen LogP contribution in [0.1, 0.15) is 26.3 Å². The average molecular weight is 977 g/mol. The molecular weight excluding hydrogens is 929 g/mol. The summed E-state index contributed by atoms with van der Waals surface area (Å²) in [6, 6.07) is 82.2. The fraction of sp³-hybridized carbons (Fsp3) is 0.0571. The van der Waals surface area contributed by atoms with Gasteiger partial charge in [0.1, 0.15) is 28.5 Å². The van der Waals surface area contributed by atoms with E-state index in [0.29, 0.717) is 5.75 Å². The molecule has 360 valence electrons. The van der Waals surface area contributed by atoms with Crippen molar-refractivity contribution in [1.82, 2.24) is 14.1 Å². The van der Waals surface area contributed by atoms with Crippen LogP contribution in [0.15, 0.2) is 241 Å². The van der Waals surface area contributed by atoms with E-state index in [2.05, 4.69) is 259 Å². The van der Waals surface area contributed by atoms with Crippen molar-refractivity contribution >= 4 is 54.8 Å². The fourth-order valence-electron chi connectivity index (χ4n) is 11.8. The van der Waals surface area contributed by atoms with Crippen molar-refractivity contribution in [3.05, 3.63) is 249 Å². The normalized spacial score (nSPS) is 12.1. The fourth-order valence-corrected chi connectivity index (χ4v) is 11.8. The topological polar surface area (TPSA) is 49.0 Å². The summed E-state index contributed by atoms with van der Waals surface area (Å²) in [4.78, 5) is 4.92. The van der Waals surface area contributed by atoms with Crippen LogP contribution in [0.5, 0.6) is 11.5 Å². The number of furan rings is 1. The average Bonchev–Trinajstić information content (AvgIpc) is 4.17. The highest BCUT2D eigenvalue weighted by atomic mass is 16.5. The second-order valence-corrected chi connectivity index (χ2v) is 20.9. The Kier molecular flexibility index (Phi) is 9.72. The Balaban J connectivity index is 0.938. The van der Waals surface area contributed by atoms with Crippen LogP contribution in [0.2, 0.25) is 0 Å².